The SMILES string of the molecule is C1CCC(OCCN2CCOCC23CCOC3)OC1. The first kappa shape index (κ1) is 13.8. The molecule has 3 heterocycles. The molecule has 3 saturated heterocycles. The highest BCUT2D eigenvalue weighted by molar-refractivity contribution is 4.96. The molecular formula is C14H25NO4. The number of ether oxygens (including phenoxy) is 4. The average molecular weight is 271 g/mol. The third-order valence-corrected chi connectivity index (χ3v) is 4.43. The van der Waals surface area contributed by atoms with E-state index in [4.69, 9.17) is 18.9 Å². The zero-order valence-corrected chi connectivity index (χ0v) is 11.6. The Kier molecular flexibility index (Phi) is 4.71. The van der Waals surface area contributed by atoms with Gasteiger partial charge in [-0.25, -0.2) is 0 Å². The van der Waals surface area contributed by atoms with Gasteiger partial charge in [0.05, 0.1) is 32.0 Å². The normalized spacial score (nSPS) is 36.9. The van der Waals surface area contributed by atoms with E-state index in [9.17, 15) is 0 Å². The maximum Gasteiger partial charge on any atom is 0.157 e. The minimum absolute atomic E-state index is 0.0190. The molecule has 2 unspecified atom stereocenters. The molecule has 0 aromatic carbocycles. The Labute approximate surface area is 115 Å². The van der Waals surface area contributed by atoms with Crippen molar-refractivity contribution < 1.29 is 18.9 Å². The summed E-state index contributed by atoms with van der Waals surface area (Å²) < 4.78 is 22.7. The van der Waals surface area contributed by atoms with E-state index in [0.717, 1.165) is 65.6 Å². The van der Waals surface area contributed by atoms with Gasteiger partial charge in [0.15, 0.2) is 6.29 Å². The number of rotatable bonds is 4. The number of hydrogen-bond acceptors (Lipinski definition) is 5. The molecule has 3 aliphatic rings. The molecule has 0 bridgehead atoms. The van der Waals surface area contributed by atoms with Gasteiger partial charge >= 0.3 is 0 Å². The molecule has 5 heteroatoms. The fraction of sp³-hybridized carbons (Fsp3) is 1.00. The van der Waals surface area contributed by atoms with E-state index in [1.807, 2.05) is 0 Å². The highest BCUT2D eigenvalue weighted by atomic mass is 16.7. The first-order valence-electron chi connectivity index (χ1n) is 7.53. The highest BCUT2D eigenvalue weighted by Gasteiger charge is 2.42. The molecular weight excluding hydrogens is 246 g/mol. The summed E-state index contributed by atoms with van der Waals surface area (Å²) >= 11 is 0. The van der Waals surface area contributed by atoms with Crippen molar-refractivity contribution in [2.75, 3.05) is 52.7 Å². The predicted octanol–water partition coefficient (Wildman–Crippen LogP) is 1.02. The Balaban J connectivity index is 1.45. The van der Waals surface area contributed by atoms with Crippen molar-refractivity contribution in [1.82, 2.24) is 4.90 Å². The minimum Gasteiger partial charge on any atom is -0.379 e. The fourth-order valence-corrected chi connectivity index (χ4v) is 3.21. The van der Waals surface area contributed by atoms with Crippen LogP contribution in [-0.2, 0) is 18.9 Å². The van der Waals surface area contributed by atoms with Crippen LogP contribution in [0.1, 0.15) is 25.7 Å². The smallest absolute Gasteiger partial charge is 0.157 e. The molecule has 3 rings (SSSR count). The van der Waals surface area contributed by atoms with E-state index >= 15 is 0 Å². The van der Waals surface area contributed by atoms with Crippen LogP contribution in [0.5, 0.6) is 0 Å². The summed E-state index contributed by atoms with van der Waals surface area (Å²) in [6.07, 6.45) is 4.53. The van der Waals surface area contributed by atoms with Crippen LogP contribution < -0.4 is 0 Å². The van der Waals surface area contributed by atoms with Gasteiger partial charge in [0, 0.05) is 26.3 Å². The molecule has 3 aliphatic heterocycles. The largest absolute Gasteiger partial charge is 0.379 e. The Morgan fingerprint density at radius 2 is 2.00 bits per heavy atom. The van der Waals surface area contributed by atoms with Gasteiger partial charge in [-0.1, -0.05) is 0 Å². The van der Waals surface area contributed by atoms with Crippen molar-refractivity contribution in [2.24, 2.45) is 0 Å². The monoisotopic (exact) mass is 271 g/mol. The third kappa shape index (κ3) is 3.28. The van der Waals surface area contributed by atoms with E-state index < -0.39 is 0 Å². The third-order valence-electron chi connectivity index (χ3n) is 4.43. The second kappa shape index (κ2) is 6.50. The van der Waals surface area contributed by atoms with Crippen molar-refractivity contribution in [3.8, 4) is 0 Å². The van der Waals surface area contributed by atoms with Crippen LogP contribution in [0, 0.1) is 0 Å². The van der Waals surface area contributed by atoms with Crippen LogP contribution in [0.25, 0.3) is 0 Å². The topological polar surface area (TPSA) is 40.2 Å². The van der Waals surface area contributed by atoms with E-state index in [-0.39, 0.29) is 11.8 Å². The van der Waals surface area contributed by atoms with Gasteiger partial charge in [0.25, 0.3) is 0 Å². The molecule has 1 spiro atoms. The second-order valence-corrected chi connectivity index (χ2v) is 5.73. The molecule has 0 aliphatic carbocycles. The Morgan fingerprint density at radius 1 is 1.11 bits per heavy atom. The molecule has 3 fully saturated rings. The Bertz CT molecular complexity index is 275. The van der Waals surface area contributed by atoms with Gasteiger partial charge in [0.2, 0.25) is 0 Å². The van der Waals surface area contributed by atoms with Crippen LogP contribution in [0.3, 0.4) is 0 Å². The first-order valence-corrected chi connectivity index (χ1v) is 7.53. The van der Waals surface area contributed by atoms with E-state index in [0.29, 0.717) is 0 Å². The number of morpholine rings is 1. The lowest BCUT2D eigenvalue weighted by molar-refractivity contribution is -0.170. The van der Waals surface area contributed by atoms with E-state index in [2.05, 4.69) is 4.90 Å². The fourth-order valence-electron chi connectivity index (χ4n) is 3.21. The van der Waals surface area contributed by atoms with Crippen molar-refractivity contribution in [3.63, 3.8) is 0 Å². The summed E-state index contributed by atoms with van der Waals surface area (Å²) in [6.45, 7) is 6.80. The molecule has 0 amide bonds. The molecule has 19 heavy (non-hydrogen) atoms. The molecule has 0 aromatic rings. The summed E-state index contributed by atoms with van der Waals surface area (Å²) in [5.41, 5.74) is 0.106. The Hall–Kier alpha value is -0.200. The standard InChI is InChI=1S/C14H25NO4/c1-2-7-18-13(3-1)19-10-6-15-5-9-17-12-14(15)4-8-16-11-14/h13H,1-12H2. The van der Waals surface area contributed by atoms with Gasteiger partial charge in [-0.3, -0.25) is 4.90 Å². The van der Waals surface area contributed by atoms with Gasteiger partial charge in [-0.05, 0) is 25.7 Å². The summed E-state index contributed by atoms with van der Waals surface area (Å²) in [7, 11) is 0. The van der Waals surface area contributed by atoms with Gasteiger partial charge in [-0.2, -0.15) is 0 Å². The zero-order valence-electron chi connectivity index (χ0n) is 11.6. The maximum atomic E-state index is 5.84. The predicted molar refractivity (Wildman–Crippen MR) is 70.1 cm³/mol. The van der Waals surface area contributed by atoms with Crippen LogP contribution >= 0.6 is 0 Å². The van der Waals surface area contributed by atoms with E-state index in [1.165, 1.54) is 12.8 Å². The average Bonchev–Trinajstić information content (AvgIpc) is 2.92. The minimum atomic E-state index is 0.0190. The van der Waals surface area contributed by atoms with Gasteiger partial charge in [0.1, 0.15) is 0 Å². The van der Waals surface area contributed by atoms with Crippen molar-refractivity contribution in [1.29, 1.82) is 0 Å². The van der Waals surface area contributed by atoms with Crippen molar-refractivity contribution in [3.05, 3.63) is 0 Å². The number of nitrogens with zero attached hydrogens (tertiary/aromatic N) is 1. The van der Waals surface area contributed by atoms with E-state index in [1.54, 1.807) is 0 Å². The summed E-state index contributed by atoms with van der Waals surface area (Å²) in [4.78, 5) is 2.49. The van der Waals surface area contributed by atoms with Crippen LogP contribution in [0.2, 0.25) is 0 Å². The van der Waals surface area contributed by atoms with Crippen LogP contribution in [0.15, 0.2) is 0 Å². The second-order valence-electron chi connectivity index (χ2n) is 5.73. The summed E-state index contributed by atoms with van der Waals surface area (Å²) in [5.74, 6) is 0. The summed E-state index contributed by atoms with van der Waals surface area (Å²) in [5, 5.41) is 0. The lowest BCUT2D eigenvalue weighted by Crippen LogP contribution is -2.58. The van der Waals surface area contributed by atoms with Gasteiger partial charge in [-0.15, -0.1) is 0 Å². The molecule has 5 nitrogen and oxygen atoms in total. The molecule has 0 aromatic heterocycles. The molecule has 0 radical (unpaired) electrons. The highest BCUT2D eigenvalue weighted by Crippen LogP contribution is 2.29. The maximum absolute atomic E-state index is 5.84. The lowest BCUT2D eigenvalue weighted by Gasteiger charge is -2.43. The van der Waals surface area contributed by atoms with Crippen LogP contribution in [-0.4, -0.2) is 69.5 Å². The zero-order chi connectivity index (χ0) is 13.0. The van der Waals surface area contributed by atoms with Crippen molar-refractivity contribution in [2.45, 2.75) is 37.5 Å². The molecule has 0 N–H and O–H groups in total. The van der Waals surface area contributed by atoms with Crippen molar-refractivity contribution >= 4 is 0 Å². The lowest BCUT2D eigenvalue weighted by atomic mass is 9.96. The quantitative estimate of drug-likeness (QED) is 0.763. The number of hydrogen-bond donors (Lipinski definition) is 0. The van der Waals surface area contributed by atoms with Gasteiger partial charge < -0.3 is 18.9 Å². The first-order chi connectivity index (χ1) is 9.39. The Morgan fingerprint density at radius 3 is 2.79 bits per heavy atom. The molecule has 2 atom stereocenters. The van der Waals surface area contributed by atoms with Crippen LogP contribution in [0.4, 0.5) is 0 Å². The molecule has 110 valence electrons. The molecule has 0 saturated carbocycles. The summed E-state index contributed by atoms with van der Waals surface area (Å²) in [6, 6.07) is 0.